The Morgan fingerprint density at radius 2 is 2.05 bits per heavy atom. The van der Waals surface area contributed by atoms with Gasteiger partial charge in [0.25, 0.3) is 0 Å². The number of likely N-dealkylation sites (tertiary alicyclic amines) is 1. The number of benzene rings is 2. The van der Waals surface area contributed by atoms with Gasteiger partial charge in [-0.3, -0.25) is 9.69 Å². The molecule has 1 saturated heterocycles. The van der Waals surface area contributed by atoms with Crippen LogP contribution in [-0.2, 0) is 30.7 Å². The molecular weight excluding hydrogens is 458 g/mol. The van der Waals surface area contributed by atoms with E-state index in [1.54, 1.807) is 0 Å². The van der Waals surface area contributed by atoms with Crippen molar-refractivity contribution in [1.82, 2.24) is 9.80 Å². The van der Waals surface area contributed by atoms with E-state index in [2.05, 4.69) is 66.2 Å². The third-order valence-corrected chi connectivity index (χ3v) is 8.20. The molecule has 5 rings (SSSR count). The molecule has 0 saturated carbocycles. The van der Waals surface area contributed by atoms with Crippen LogP contribution < -0.4 is 10.1 Å². The molecular formula is C32H45N3O2. The second kappa shape index (κ2) is 11.9. The Hall–Kier alpha value is -2.53. The van der Waals surface area contributed by atoms with Crippen molar-refractivity contribution in [2.75, 3.05) is 38.1 Å². The summed E-state index contributed by atoms with van der Waals surface area (Å²) in [5.74, 6) is 2.27. The van der Waals surface area contributed by atoms with Gasteiger partial charge in [0.05, 0.1) is 6.61 Å². The maximum absolute atomic E-state index is 13.7. The van der Waals surface area contributed by atoms with Crippen molar-refractivity contribution >= 4 is 11.6 Å². The number of aryl methyl sites for hydroxylation is 2. The number of ether oxygens (including phenoxy) is 1. The monoisotopic (exact) mass is 503 g/mol. The van der Waals surface area contributed by atoms with Crippen molar-refractivity contribution in [3.63, 3.8) is 0 Å². The standard InChI is InChI=1S/C32H45N3O2/c1-23(2)19-35(21-26-16-24(3)32-28(17-26)9-4-5-15-37-32)30(36)18-25-8-7-14-34(20-25)22-29-11-6-10-27-12-13-33-31(27)29/h6,10-11,16-17,23,25,33H,4-5,7-9,12-15,18-22H2,1-3H3. The second-order valence-corrected chi connectivity index (χ2v) is 12.0. The number of nitrogens with one attached hydrogen (secondary N) is 1. The molecule has 3 aliphatic heterocycles. The van der Waals surface area contributed by atoms with Crippen LogP contribution in [0.15, 0.2) is 30.3 Å². The summed E-state index contributed by atoms with van der Waals surface area (Å²) in [6.45, 7) is 13.1. The minimum absolute atomic E-state index is 0.312. The number of anilines is 1. The number of para-hydroxylation sites is 1. The molecule has 0 bridgehead atoms. The summed E-state index contributed by atoms with van der Waals surface area (Å²) in [4.78, 5) is 18.4. The molecule has 0 aromatic heterocycles. The molecule has 37 heavy (non-hydrogen) atoms. The van der Waals surface area contributed by atoms with Crippen molar-refractivity contribution in [3.8, 4) is 5.75 Å². The Kier molecular flexibility index (Phi) is 8.39. The molecule has 200 valence electrons. The topological polar surface area (TPSA) is 44.8 Å². The maximum Gasteiger partial charge on any atom is 0.223 e. The quantitative estimate of drug-likeness (QED) is 0.482. The second-order valence-electron chi connectivity index (χ2n) is 12.0. The lowest BCUT2D eigenvalue weighted by atomic mass is 9.93. The summed E-state index contributed by atoms with van der Waals surface area (Å²) in [5.41, 5.74) is 7.97. The number of fused-ring (bicyclic) bond motifs is 2. The Labute approximate surface area is 223 Å². The van der Waals surface area contributed by atoms with Gasteiger partial charge in [-0.05, 0) is 91.6 Å². The highest BCUT2D eigenvalue weighted by Gasteiger charge is 2.26. The Bertz CT molecular complexity index is 1100. The molecule has 5 nitrogen and oxygen atoms in total. The van der Waals surface area contributed by atoms with Crippen molar-refractivity contribution < 1.29 is 9.53 Å². The number of hydrogen-bond donors (Lipinski definition) is 1. The van der Waals surface area contributed by atoms with Crippen molar-refractivity contribution in [2.24, 2.45) is 11.8 Å². The van der Waals surface area contributed by atoms with Gasteiger partial charge >= 0.3 is 0 Å². The van der Waals surface area contributed by atoms with Gasteiger partial charge in [-0.1, -0.05) is 44.2 Å². The minimum Gasteiger partial charge on any atom is -0.493 e. The predicted octanol–water partition coefficient (Wildman–Crippen LogP) is 5.97. The number of hydrogen-bond acceptors (Lipinski definition) is 4. The van der Waals surface area contributed by atoms with Crippen molar-refractivity contribution in [1.29, 1.82) is 0 Å². The molecule has 1 amide bonds. The van der Waals surface area contributed by atoms with Gasteiger partial charge in [0.2, 0.25) is 5.91 Å². The van der Waals surface area contributed by atoms with E-state index < -0.39 is 0 Å². The number of amides is 1. The molecule has 0 radical (unpaired) electrons. The first-order valence-electron chi connectivity index (χ1n) is 14.6. The number of carbonyl (C=O) groups is 1. The number of carbonyl (C=O) groups excluding carboxylic acids is 1. The van der Waals surface area contributed by atoms with Crippen molar-refractivity contribution in [2.45, 2.75) is 78.8 Å². The lowest BCUT2D eigenvalue weighted by Crippen LogP contribution is -2.39. The van der Waals surface area contributed by atoms with Crippen LogP contribution in [0.1, 0.15) is 73.8 Å². The zero-order valence-corrected chi connectivity index (χ0v) is 23.2. The van der Waals surface area contributed by atoms with E-state index in [1.807, 2.05) is 0 Å². The molecule has 1 N–H and O–H groups in total. The predicted molar refractivity (Wildman–Crippen MR) is 151 cm³/mol. The zero-order valence-electron chi connectivity index (χ0n) is 23.2. The van der Waals surface area contributed by atoms with Gasteiger partial charge in [0, 0.05) is 44.8 Å². The summed E-state index contributed by atoms with van der Waals surface area (Å²) >= 11 is 0. The van der Waals surface area contributed by atoms with Crippen LogP contribution in [0.25, 0.3) is 0 Å². The largest absolute Gasteiger partial charge is 0.493 e. The molecule has 0 spiro atoms. The third kappa shape index (κ3) is 6.49. The highest BCUT2D eigenvalue weighted by atomic mass is 16.5. The molecule has 2 aromatic carbocycles. The molecule has 1 atom stereocenters. The van der Waals surface area contributed by atoms with Gasteiger partial charge in [0.15, 0.2) is 0 Å². The first-order valence-corrected chi connectivity index (χ1v) is 14.6. The molecule has 0 aliphatic carbocycles. The molecule has 1 fully saturated rings. The normalized spacial score (nSPS) is 19.5. The van der Waals surface area contributed by atoms with E-state index in [0.717, 1.165) is 70.8 Å². The lowest BCUT2D eigenvalue weighted by molar-refractivity contribution is -0.133. The van der Waals surface area contributed by atoms with Crippen LogP contribution in [-0.4, -0.2) is 48.5 Å². The number of rotatable bonds is 8. The Balaban J connectivity index is 1.23. The molecule has 5 heteroatoms. The Morgan fingerprint density at radius 1 is 1.16 bits per heavy atom. The van der Waals surface area contributed by atoms with Crippen molar-refractivity contribution in [3.05, 3.63) is 58.1 Å². The smallest absolute Gasteiger partial charge is 0.223 e. The van der Waals surface area contributed by atoms with Gasteiger partial charge in [0.1, 0.15) is 5.75 Å². The number of piperidine rings is 1. The van der Waals surface area contributed by atoms with Crippen LogP contribution in [0.5, 0.6) is 5.75 Å². The summed E-state index contributed by atoms with van der Waals surface area (Å²) in [5, 5.41) is 3.59. The summed E-state index contributed by atoms with van der Waals surface area (Å²) < 4.78 is 6.04. The maximum atomic E-state index is 13.7. The van der Waals surface area contributed by atoms with Gasteiger partial charge in [-0.25, -0.2) is 0 Å². The molecule has 3 aliphatic rings. The fraction of sp³-hybridized carbons (Fsp3) is 0.594. The van der Waals surface area contributed by atoms with Crippen LogP contribution >= 0.6 is 0 Å². The van der Waals surface area contributed by atoms with E-state index in [9.17, 15) is 4.79 Å². The fourth-order valence-electron chi connectivity index (χ4n) is 6.54. The third-order valence-electron chi connectivity index (χ3n) is 8.20. The summed E-state index contributed by atoms with van der Waals surface area (Å²) in [6, 6.07) is 11.2. The van der Waals surface area contributed by atoms with Crippen LogP contribution in [0.3, 0.4) is 0 Å². The highest BCUT2D eigenvalue weighted by molar-refractivity contribution is 5.76. The van der Waals surface area contributed by atoms with E-state index in [1.165, 1.54) is 46.3 Å². The average molecular weight is 504 g/mol. The number of nitrogens with zero attached hydrogens (tertiary/aromatic N) is 2. The highest BCUT2D eigenvalue weighted by Crippen LogP contribution is 2.31. The fourth-order valence-corrected chi connectivity index (χ4v) is 6.54. The Morgan fingerprint density at radius 3 is 2.92 bits per heavy atom. The average Bonchev–Trinajstić information content (AvgIpc) is 3.22. The zero-order chi connectivity index (χ0) is 25.8. The van der Waals surface area contributed by atoms with Gasteiger partial charge in [-0.15, -0.1) is 0 Å². The SMILES string of the molecule is Cc1cc(CN(CC(C)C)C(=O)CC2CCCN(Cc3cccc4c3NCC4)C2)cc2c1OCCCC2. The first-order chi connectivity index (χ1) is 18.0. The molecule has 3 heterocycles. The van der Waals surface area contributed by atoms with Crippen LogP contribution in [0, 0.1) is 18.8 Å². The van der Waals surface area contributed by atoms with E-state index in [4.69, 9.17) is 4.74 Å². The van der Waals surface area contributed by atoms with Gasteiger partial charge < -0.3 is 15.0 Å². The van der Waals surface area contributed by atoms with E-state index in [-0.39, 0.29) is 0 Å². The first kappa shape index (κ1) is 26.1. The lowest BCUT2D eigenvalue weighted by Gasteiger charge is -2.34. The summed E-state index contributed by atoms with van der Waals surface area (Å²) in [6.07, 6.45) is 7.46. The summed E-state index contributed by atoms with van der Waals surface area (Å²) in [7, 11) is 0. The van der Waals surface area contributed by atoms with Crippen LogP contribution in [0.4, 0.5) is 5.69 Å². The van der Waals surface area contributed by atoms with E-state index in [0.29, 0.717) is 30.7 Å². The minimum atomic E-state index is 0.312. The van der Waals surface area contributed by atoms with Crippen LogP contribution in [0.2, 0.25) is 0 Å². The van der Waals surface area contributed by atoms with E-state index >= 15 is 0 Å². The molecule has 1 unspecified atom stereocenters. The molecule has 2 aromatic rings. The van der Waals surface area contributed by atoms with Gasteiger partial charge in [-0.2, -0.15) is 0 Å².